The summed E-state index contributed by atoms with van der Waals surface area (Å²) < 4.78 is 12.8. The van der Waals surface area contributed by atoms with E-state index in [2.05, 4.69) is 158 Å². The molecule has 0 fully saturated rings. The van der Waals surface area contributed by atoms with Crippen LogP contribution in [-0.4, -0.2) is 4.98 Å². The molecule has 54 heavy (non-hydrogen) atoms. The van der Waals surface area contributed by atoms with Gasteiger partial charge in [0, 0.05) is 44.1 Å². The molecule has 0 saturated carbocycles. The highest BCUT2D eigenvalue weighted by atomic mass is 16.3. The van der Waals surface area contributed by atoms with Crippen LogP contribution in [0.15, 0.2) is 179 Å². The molecule has 10 aromatic rings. The highest BCUT2D eigenvalue weighted by Gasteiger charge is 2.37. The summed E-state index contributed by atoms with van der Waals surface area (Å²) >= 11 is 0. The van der Waals surface area contributed by atoms with Gasteiger partial charge in [0.05, 0.1) is 5.69 Å². The standard InChI is InChI=1S/C50H34N2O2/c1-50(2)41-17-8-7-16-39(41)47-42(50)18-11-20-44(47)52(34-27-29-45-40(30-34)37-28-24-31-12-3-4-14-36(31)48(37)53-45)33-25-22-32(23-26-33)35-13-5-6-15-38(35)49-51-43-19-9-10-21-46(43)54-49/h3-30H,1-2H3. The van der Waals surface area contributed by atoms with Gasteiger partial charge in [-0.15, -0.1) is 0 Å². The maximum atomic E-state index is 6.56. The fourth-order valence-electron chi connectivity index (χ4n) is 8.68. The summed E-state index contributed by atoms with van der Waals surface area (Å²) in [6.07, 6.45) is 0. The van der Waals surface area contributed by atoms with E-state index in [1.54, 1.807) is 0 Å². The van der Waals surface area contributed by atoms with Crippen molar-refractivity contribution in [2.45, 2.75) is 19.3 Å². The molecule has 0 bridgehead atoms. The average Bonchev–Trinajstić information content (AvgIpc) is 3.89. The summed E-state index contributed by atoms with van der Waals surface area (Å²) in [6.45, 7) is 4.67. The van der Waals surface area contributed by atoms with Crippen LogP contribution in [-0.2, 0) is 5.41 Å². The molecular formula is C50H34N2O2. The zero-order valence-electron chi connectivity index (χ0n) is 29.9. The number of benzene rings is 8. The van der Waals surface area contributed by atoms with Crippen LogP contribution in [0.25, 0.3) is 77.5 Å². The van der Waals surface area contributed by atoms with Gasteiger partial charge in [-0.2, -0.15) is 0 Å². The van der Waals surface area contributed by atoms with Crippen LogP contribution in [0.1, 0.15) is 25.0 Å². The van der Waals surface area contributed by atoms with Crippen LogP contribution in [0.3, 0.4) is 0 Å². The summed E-state index contributed by atoms with van der Waals surface area (Å²) in [6, 6.07) is 60.2. The molecule has 1 aliphatic carbocycles. The van der Waals surface area contributed by atoms with E-state index in [0.29, 0.717) is 5.89 Å². The Morgan fingerprint density at radius 1 is 0.500 bits per heavy atom. The second kappa shape index (κ2) is 11.5. The van der Waals surface area contributed by atoms with Gasteiger partial charge in [-0.3, -0.25) is 0 Å². The smallest absolute Gasteiger partial charge is 0.227 e. The largest absolute Gasteiger partial charge is 0.455 e. The van der Waals surface area contributed by atoms with E-state index >= 15 is 0 Å². The third kappa shape index (κ3) is 4.53. The lowest BCUT2D eigenvalue weighted by Crippen LogP contribution is -2.16. The van der Waals surface area contributed by atoms with Crippen LogP contribution in [0.2, 0.25) is 0 Å². The average molecular weight is 695 g/mol. The van der Waals surface area contributed by atoms with Gasteiger partial charge in [0.1, 0.15) is 16.7 Å². The van der Waals surface area contributed by atoms with E-state index in [1.165, 1.54) is 27.6 Å². The minimum Gasteiger partial charge on any atom is -0.455 e. The quantitative estimate of drug-likeness (QED) is 0.180. The van der Waals surface area contributed by atoms with Crippen LogP contribution < -0.4 is 4.90 Å². The lowest BCUT2D eigenvalue weighted by molar-refractivity contribution is 0.620. The molecule has 0 spiro atoms. The highest BCUT2D eigenvalue weighted by Crippen LogP contribution is 2.54. The van der Waals surface area contributed by atoms with E-state index < -0.39 is 0 Å². The number of furan rings is 1. The first kappa shape index (κ1) is 30.7. The number of anilines is 3. The van der Waals surface area contributed by atoms with Gasteiger partial charge in [0.15, 0.2) is 5.58 Å². The van der Waals surface area contributed by atoms with Gasteiger partial charge >= 0.3 is 0 Å². The highest BCUT2D eigenvalue weighted by molar-refractivity contribution is 6.15. The minimum atomic E-state index is -0.127. The molecule has 256 valence electrons. The van der Waals surface area contributed by atoms with Crippen molar-refractivity contribution >= 4 is 60.9 Å². The van der Waals surface area contributed by atoms with E-state index in [-0.39, 0.29) is 5.41 Å². The topological polar surface area (TPSA) is 42.4 Å². The molecule has 0 N–H and O–H groups in total. The number of para-hydroxylation sites is 2. The van der Waals surface area contributed by atoms with Crippen molar-refractivity contribution in [2.24, 2.45) is 0 Å². The lowest BCUT2D eigenvalue weighted by Gasteiger charge is -2.29. The SMILES string of the molecule is CC1(C)c2ccccc2-c2c(N(c3ccc(-c4ccccc4-c4nc5ccccc5o4)cc3)c3ccc4oc5c6ccccc6ccc5c4c3)cccc21. The van der Waals surface area contributed by atoms with Gasteiger partial charge in [0.2, 0.25) is 5.89 Å². The van der Waals surface area contributed by atoms with Crippen molar-refractivity contribution in [2.75, 3.05) is 4.90 Å². The van der Waals surface area contributed by atoms with Gasteiger partial charge in [-0.25, -0.2) is 4.98 Å². The third-order valence-electron chi connectivity index (χ3n) is 11.3. The molecular weight excluding hydrogens is 661 g/mol. The molecule has 11 rings (SSSR count). The van der Waals surface area contributed by atoms with Crippen molar-refractivity contribution < 1.29 is 8.83 Å². The molecule has 0 saturated heterocycles. The Morgan fingerprint density at radius 2 is 1.22 bits per heavy atom. The first-order valence-electron chi connectivity index (χ1n) is 18.5. The Labute approximate surface area is 312 Å². The number of nitrogens with zero attached hydrogens (tertiary/aromatic N) is 2. The normalized spacial score (nSPS) is 13.1. The lowest BCUT2D eigenvalue weighted by atomic mass is 9.82. The molecule has 0 aliphatic heterocycles. The number of oxazole rings is 1. The molecule has 0 unspecified atom stereocenters. The first-order chi connectivity index (χ1) is 26.5. The second-order valence-corrected chi connectivity index (χ2v) is 14.7. The molecule has 4 nitrogen and oxygen atoms in total. The molecule has 0 atom stereocenters. The number of aromatic nitrogens is 1. The predicted octanol–water partition coefficient (Wildman–Crippen LogP) is 14.0. The van der Waals surface area contributed by atoms with E-state index in [4.69, 9.17) is 13.8 Å². The third-order valence-corrected chi connectivity index (χ3v) is 11.3. The van der Waals surface area contributed by atoms with Gasteiger partial charge in [-0.05, 0) is 93.9 Å². The van der Waals surface area contributed by atoms with Crippen LogP contribution in [0, 0.1) is 0 Å². The second-order valence-electron chi connectivity index (χ2n) is 14.7. The number of rotatable bonds is 5. The molecule has 2 heterocycles. The number of hydrogen-bond donors (Lipinski definition) is 0. The van der Waals surface area contributed by atoms with Gasteiger partial charge < -0.3 is 13.7 Å². The molecule has 0 radical (unpaired) electrons. The molecule has 4 heteroatoms. The Bertz CT molecular complexity index is 3060. The summed E-state index contributed by atoms with van der Waals surface area (Å²) in [5, 5.41) is 4.50. The van der Waals surface area contributed by atoms with Crippen LogP contribution >= 0.6 is 0 Å². The van der Waals surface area contributed by atoms with Crippen molar-refractivity contribution in [1.29, 1.82) is 0 Å². The summed E-state index contributed by atoms with van der Waals surface area (Å²) in [4.78, 5) is 7.24. The molecule has 8 aromatic carbocycles. The first-order valence-corrected chi connectivity index (χ1v) is 18.5. The predicted molar refractivity (Wildman–Crippen MR) is 222 cm³/mol. The Kier molecular flexibility index (Phi) is 6.56. The van der Waals surface area contributed by atoms with Crippen LogP contribution in [0.5, 0.6) is 0 Å². The minimum absolute atomic E-state index is 0.127. The summed E-state index contributed by atoms with van der Waals surface area (Å²) in [5.74, 6) is 0.618. The summed E-state index contributed by atoms with van der Waals surface area (Å²) in [7, 11) is 0. The molecule has 1 aliphatic rings. The maximum Gasteiger partial charge on any atom is 0.227 e. The van der Waals surface area contributed by atoms with Crippen molar-refractivity contribution in [1.82, 2.24) is 4.98 Å². The molecule has 2 aromatic heterocycles. The zero-order chi connectivity index (χ0) is 36.0. The fraction of sp³-hybridized carbons (Fsp3) is 0.0600. The van der Waals surface area contributed by atoms with Gasteiger partial charge in [0.25, 0.3) is 0 Å². The monoisotopic (exact) mass is 694 g/mol. The van der Waals surface area contributed by atoms with Gasteiger partial charge in [-0.1, -0.05) is 123 Å². The summed E-state index contributed by atoms with van der Waals surface area (Å²) in [5.41, 5.74) is 14.9. The van der Waals surface area contributed by atoms with E-state index in [1.807, 2.05) is 30.3 Å². The van der Waals surface area contributed by atoms with Crippen LogP contribution in [0.4, 0.5) is 17.1 Å². The fourth-order valence-corrected chi connectivity index (χ4v) is 8.68. The van der Waals surface area contributed by atoms with Crippen molar-refractivity contribution in [3.63, 3.8) is 0 Å². The van der Waals surface area contributed by atoms with E-state index in [9.17, 15) is 0 Å². The van der Waals surface area contributed by atoms with E-state index in [0.717, 1.165) is 72.2 Å². The van der Waals surface area contributed by atoms with Crippen molar-refractivity contribution in [3.8, 4) is 33.7 Å². The Hall–Kier alpha value is -6.91. The molecule has 0 amide bonds. The van der Waals surface area contributed by atoms with Crippen molar-refractivity contribution in [3.05, 3.63) is 181 Å². The maximum absolute atomic E-state index is 6.56. The Balaban J connectivity index is 1.10. The number of hydrogen-bond acceptors (Lipinski definition) is 4. The Morgan fingerprint density at radius 3 is 2.09 bits per heavy atom. The zero-order valence-corrected chi connectivity index (χ0v) is 29.9. The number of fused-ring (bicyclic) bond motifs is 9.